The summed E-state index contributed by atoms with van der Waals surface area (Å²) in [7, 11) is 1.48. The van der Waals surface area contributed by atoms with Gasteiger partial charge in [-0.15, -0.1) is 5.10 Å². The molecule has 0 saturated heterocycles. The number of aromatic nitrogens is 5. The van der Waals surface area contributed by atoms with Gasteiger partial charge in [0.15, 0.2) is 5.15 Å². The van der Waals surface area contributed by atoms with Crippen molar-refractivity contribution in [2.45, 2.75) is 38.1 Å². The van der Waals surface area contributed by atoms with Crippen LogP contribution in [0.25, 0.3) is 22.2 Å². The van der Waals surface area contributed by atoms with Gasteiger partial charge in [-0.1, -0.05) is 35.3 Å². The molecule has 2 aromatic heterocycles. The maximum Gasteiger partial charge on any atom is 0.433 e. The molecule has 2 N–H and O–H groups in total. The number of nitrogens with zero attached hydrogens (tertiary/aromatic N) is 5. The van der Waals surface area contributed by atoms with Crippen LogP contribution in [-0.4, -0.2) is 67.2 Å². The van der Waals surface area contributed by atoms with Crippen molar-refractivity contribution in [2.75, 3.05) is 19.0 Å². The molecule has 42 heavy (non-hydrogen) atoms. The first-order valence-corrected chi connectivity index (χ1v) is 13.4. The number of benzene rings is 2. The van der Waals surface area contributed by atoms with E-state index in [0.717, 1.165) is 0 Å². The van der Waals surface area contributed by atoms with E-state index in [2.05, 4.69) is 20.7 Å². The molecule has 0 aliphatic carbocycles. The molecule has 15 heteroatoms. The zero-order valence-electron chi connectivity index (χ0n) is 22.5. The number of ether oxygens (including phenoxy) is 1. The third-order valence-corrected chi connectivity index (χ3v) is 7.58. The number of carbonyl (C=O) groups excluding carboxylic acids is 2. The first-order chi connectivity index (χ1) is 19.8. The molecule has 0 saturated carbocycles. The van der Waals surface area contributed by atoms with E-state index in [0.29, 0.717) is 21.8 Å². The van der Waals surface area contributed by atoms with Crippen LogP contribution in [0.4, 0.5) is 18.9 Å². The third-order valence-electron chi connectivity index (χ3n) is 7.17. The zero-order chi connectivity index (χ0) is 30.4. The smallest absolute Gasteiger partial charge is 0.372 e. The lowest BCUT2D eigenvalue weighted by Crippen LogP contribution is -2.56. The van der Waals surface area contributed by atoms with Gasteiger partial charge in [-0.05, 0) is 49.7 Å². The Morgan fingerprint density at radius 3 is 2.64 bits per heavy atom. The average molecular weight is 622 g/mol. The molecule has 0 fully saturated rings. The molecule has 2 aromatic carbocycles. The fraction of sp³-hybridized carbons (Fsp3) is 0.296. The normalized spacial score (nSPS) is 18.3. The second-order valence-electron chi connectivity index (χ2n) is 9.85. The maximum atomic E-state index is 13.6. The predicted octanol–water partition coefficient (Wildman–Crippen LogP) is 5.52. The highest BCUT2D eigenvalue weighted by Crippen LogP contribution is 2.39. The van der Waals surface area contributed by atoms with E-state index in [9.17, 15) is 22.8 Å². The summed E-state index contributed by atoms with van der Waals surface area (Å²) < 4.78 is 47.5. The van der Waals surface area contributed by atoms with Crippen molar-refractivity contribution in [3.05, 3.63) is 70.1 Å². The van der Waals surface area contributed by atoms with Crippen molar-refractivity contribution in [3.63, 3.8) is 0 Å². The minimum atomic E-state index is -4.65. The van der Waals surface area contributed by atoms with Crippen LogP contribution in [0.3, 0.4) is 0 Å². The van der Waals surface area contributed by atoms with Crippen LogP contribution in [-0.2, 0) is 20.5 Å². The van der Waals surface area contributed by atoms with Crippen molar-refractivity contribution in [2.24, 2.45) is 0 Å². The molecule has 2 unspecified atom stereocenters. The lowest BCUT2D eigenvalue weighted by molar-refractivity contribution is -0.140. The van der Waals surface area contributed by atoms with Gasteiger partial charge in [-0.3, -0.25) is 14.7 Å². The number of amides is 2. The number of nitrogens with one attached hydrogen (secondary N) is 2. The summed E-state index contributed by atoms with van der Waals surface area (Å²) in [4.78, 5) is 28.4. The number of fused-ring (bicyclic) bond motifs is 1. The number of hydrogen-bond donors (Lipinski definition) is 2. The van der Waals surface area contributed by atoms with Gasteiger partial charge in [-0.25, -0.2) is 4.68 Å². The molecule has 0 bridgehead atoms. The maximum absolute atomic E-state index is 13.6. The Bertz CT molecular complexity index is 1720. The minimum absolute atomic E-state index is 0.0108. The van der Waals surface area contributed by atoms with Crippen molar-refractivity contribution < 1.29 is 27.5 Å². The Balaban J connectivity index is 1.47. The molecule has 4 aromatic rings. The quantitative estimate of drug-likeness (QED) is 0.281. The SMILES string of the molecule is CCC(C(=O)Nc1ccc2n[nH]c(C(F)(F)F)c2c1)N1CC(C)(OC)C(c2cc(Cl)ccc2-n2cc(Cl)nn2)=CC1=O. The van der Waals surface area contributed by atoms with E-state index >= 15 is 0 Å². The highest BCUT2D eigenvalue weighted by Gasteiger charge is 2.43. The second kappa shape index (κ2) is 11.0. The number of anilines is 1. The summed E-state index contributed by atoms with van der Waals surface area (Å²) >= 11 is 12.3. The summed E-state index contributed by atoms with van der Waals surface area (Å²) in [5, 5.41) is 16.5. The average Bonchev–Trinajstić information content (AvgIpc) is 3.57. The van der Waals surface area contributed by atoms with Gasteiger partial charge in [0.2, 0.25) is 11.8 Å². The van der Waals surface area contributed by atoms with Gasteiger partial charge < -0.3 is 15.0 Å². The highest BCUT2D eigenvalue weighted by molar-refractivity contribution is 6.31. The van der Waals surface area contributed by atoms with Crippen molar-refractivity contribution >= 4 is 57.2 Å². The van der Waals surface area contributed by atoms with Crippen molar-refractivity contribution in [3.8, 4) is 5.69 Å². The second-order valence-corrected chi connectivity index (χ2v) is 10.7. The lowest BCUT2D eigenvalue weighted by Gasteiger charge is -2.42. The minimum Gasteiger partial charge on any atom is -0.372 e. The molecule has 1 aliphatic rings. The molecule has 3 heterocycles. The molecule has 10 nitrogen and oxygen atoms in total. The first kappa shape index (κ1) is 29.5. The monoisotopic (exact) mass is 621 g/mol. The number of carbonyl (C=O) groups is 2. The number of alkyl halides is 3. The van der Waals surface area contributed by atoms with E-state index in [1.165, 1.54) is 47.2 Å². The summed E-state index contributed by atoms with van der Waals surface area (Å²) in [5.41, 5.74) is -0.295. The number of H-pyrrole nitrogens is 1. The number of hydrogen-bond acceptors (Lipinski definition) is 6. The van der Waals surface area contributed by atoms with Gasteiger partial charge in [0.1, 0.15) is 17.3 Å². The standard InChI is InChI=1S/C27H24Cl2F3N7O3/c1-4-20(25(41)33-15-6-7-19-17(10-15)24(36-34-19)27(30,31)32)38-13-26(2,42-3)18(11-23(38)40)16-9-14(28)5-8-21(16)39-12-22(29)35-37-39/h5-12,20H,4,13H2,1-3H3,(H,33,41)(H,34,36). The van der Waals surface area contributed by atoms with Crippen LogP contribution in [0.1, 0.15) is 31.5 Å². The molecule has 0 radical (unpaired) electrons. The first-order valence-electron chi connectivity index (χ1n) is 12.7. The Kier molecular flexibility index (Phi) is 7.77. The molecule has 2 atom stereocenters. The van der Waals surface area contributed by atoms with E-state index in [1.54, 1.807) is 32.0 Å². The highest BCUT2D eigenvalue weighted by atomic mass is 35.5. The van der Waals surface area contributed by atoms with Crippen LogP contribution in [0.5, 0.6) is 0 Å². The fourth-order valence-corrected chi connectivity index (χ4v) is 5.31. The third kappa shape index (κ3) is 5.46. The molecule has 0 spiro atoms. The van der Waals surface area contributed by atoms with Gasteiger partial charge in [0.05, 0.1) is 23.9 Å². The van der Waals surface area contributed by atoms with Crippen LogP contribution >= 0.6 is 23.2 Å². The van der Waals surface area contributed by atoms with Crippen LogP contribution in [0.2, 0.25) is 10.2 Å². The summed E-state index contributed by atoms with van der Waals surface area (Å²) in [5.74, 6) is -1.04. The number of methoxy groups -OCH3 is 1. The Morgan fingerprint density at radius 2 is 2.00 bits per heavy atom. The Hall–Kier alpha value is -3.94. The number of aromatic amines is 1. The Labute approximate surface area is 247 Å². The van der Waals surface area contributed by atoms with Gasteiger partial charge >= 0.3 is 6.18 Å². The molecule has 2 amide bonds. The van der Waals surface area contributed by atoms with Crippen LogP contribution < -0.4 is 5.32 Å². The molecule has 5 rings (SSSR count). The molecular formula is C27H24Cl2F3N7O3. The fourth-order valence-electron chi connectivity index (χ4n) is 5.01. The summed E-state index contributed by atoms with van der Waals surface area (Å²) in [6, 6.07) is 8.08. The molecular weight excluding hydrogens is 598 g/mol. The van der Waals surface area contributed by atoms with Crippen molar-refractivity contribution in [1.29, 1.82) is 0 Å². The van der Waals surface area contributed by atoms with Crippen LogP contribution in [0.15, 0.2) is 48.7 Å². The summed E-state index contributed by atoms with van der Waals surface area (Å²) in [6.45, 7) is 3.49. The lowest BCUT2D eigenvalue weighted by atomic mass is 9.84. The number of halogens is 5. The Morgan fingerprint density at radius 1 is 1.24 bits per heavy atom. The van der Waals surface area contributed by atoms with E-state index < -0.39 is 35.3 Å². The van der Waals surface area contributed by atoms with E-state index in [4.69, 9.17) is 27.9 Å². The molecule has 1 aliphatic heterocycles. The van der Waals surface area contributed by atoms with Gasteiger partial charge in [0.25, 0.3) is 0 Å². The van der Waals surface area contributed by atoms with Crippen LogP contribution in [0, 0.1) is 0 Å². The zero-order valence-corrected chi connectivity index (χ0v) is 24.0. The van der Waals surface area contributed by atoms with Gasteiger partial charge in [0, 0.05) is 40.4 Å². The topological polar surface area (TPSA) is 118 Å². The predicted molar refractivity (Wildman–Crippen MR) is 150 cm³/mol. The number of rotatable bonds is 7. The van der Waals surface area contributed by atoms with E-state index in [1.807, 2.05) is 5.10 Å². The largest absolute Gasteiger partial charge is 0.433 e. The molecule has 220 valence electrons. The van der Waals surface area contributed by atoms with Crippen molar-refractivity contribution in [1.82, 2.24) is 30.1 Å². The summed E-state index contributed by atoms with van der Waals surface area (Å²) in [6.07, 6.45) is -1.54. The van der Waals surface area contributed by atoms with Gasteiger partial charge in [-0.2, -0.15) is 18.3 Å². The van der Waals surface area contributed by atoms with E-state index in [-0.39, 0.29) is 34.7 Å².